The molecule has 0 spiro atoms. The first kappa shape index (κ1) is 22.3. The Morgan fingerprint density at radius 2 is 1.59 bits per heavy atom. The van der Waals surface area contributed by atoms with Crippen LogP contribution in [-0.2, 0) is 44.7 Å². The number of aliphatic carboxylic acids is 1. The van der Waals surface area contributed by atoms with Crippen molar-refractivity contribution >= 4 is 23.8 Å². The maximum absolute atomic E-state index is 11.7. The van der Waals surface area contributed by atoms with Crippen LogP contribution in [-0.4, -0.2) is 59.6 Å². The molecule has 2 rings (SSSR count). The molecule has 1 aromatic carbocycles. The minimum absolute atomic E-state index is 0.0406. The molecule has 0 aromatic heterocycles. The molecule has 0 radical (unpaired) electrons. The first-order chi connectivity index (χ1) is 13.7. The molecule has 2 N–H and O–H groups in total. The van der Waals surface area contributed by atoms with Gasteiger partial charge in [-0.3, -0.25) is 14.4 Å². The Balaban J connectivity index is 2.36. The Kier molecular flexibility index (Phi) is 7.68. The van der Waals surface area contributed by atoms with Crippen LogP contribution in [0.2, 0.25) is 0 Å². The maximum Gasteiger partial charge on any atom is 0.337 e. The predicted octanol–water partition coefficient (Wildman–Crippen LogP) is 0.381. The number of nitrogens with one attached hydrogen (secondary N) is 1. The zero-order valence-electron chi connectivity index (χ0n) is 16.2. The molecule has 1 amide bonds. The molecule has 1 saturated heterocycles. The van der Waals surface area contributed by atoms with E-state index in [0.717, 1.165) is 19.4 Å². The Labute approximate surface area is 167 Å². The molecule has 1 aromatic rings. The van der Waals surface area contributed by atoms with Crippen LogP contribution in [0.15, 0.2) is 30.3 Å². The Hall–Kier alpha value is -2.98. The van der Waals surface area contributed by atoms with Crippen LogP contribution in [0.5, 0.6) is 0 Å². The summed E-state index contributed by atoms with van der Waals surface area (Å²) in [5.41, 5.74) is 0.774. The first-order valence-corrected chi connectivity index (χ1v) is 8.84. The number of amides is 1. The van der Waals surface area contributed by atoms with Crippen LogP contribution in [0.1, 0.15) is 26.3 Å². The average molecular weight is 409 g/mol. The second-order valence-electron chi connectivity index (χ2n) is 6.43. The molecular formula is C19H23NO9. The van der Waals surface area contributed by atoms with E-state index in [1.165, 1.54) is 6.92 Å². The summed E-state index contributed by atoms with van der Waals surface area (Å²) in [6, 6.07) is 7.88. The Bertz CT molecular complexity index is 751. The molecule has 0 aliphatic carbocycles. The van der Waals surface area contributed by atoms with Crippen molar-refractivity contribution in [1.29, 1.82) is 0 Å². The highest BCUT2D eigenvalue weighted by atomic mass is 16.7. The van der Waals surface area contributed by atoms with Crippen molar-refractivity contribution in [3.05, 3.63) is 35.9 Å². The summed E-state index contributed by atoms with van der Waals surface area (Å²) in [7, 11) is 0. The number of rotatable bonds is 7. The van der Waals surface area contributed by atoms with Gasteiger partial charge in [0.2, 0.25) is 5.91 Å². The van der Waals surface area contributed by atoms with E-state index in [-0.39, 0.29) is 6.61 Å². The second-order valence-corrected chi connectivity index (χ2v) is 6.43. The molecule has 1 aliphatic heterocycles. The summed E-state index contributed by atoms with van der Waals surface area (Å²) >= 11 is 0. The molecule has 0 unspecified atom stereocenters. The zero-order valence-corrected chi connectivity index (χ0v) is 16.2. The summed E-state index contributed by atoms with van der Waals surface area (Å²) in [6.07, 6.45) is -5.77. The van der Waals surface area contributed by atoms with Gasteiger partial charge in [0.15, 0.2) is 24.6 Å². The minimum atomic E-state index is -1.67. The van der Waals surface area contributed by atoms with Crippen molar-refractivity contribution in [2.24, 2.45) is 0 Å². The first-order valence-electron chi connectivity index (χ1n) is 8.84. The van der Waals surface area contributed by atoms with Gasteiger partial charge in [0.05, 0.1) is 6.61 Å². The van der Waals surface area contributed by atoms with Gasteiger partial charge in [-0.05, 0) is 5.56 Å². The topological polar surface area (TPSA) is 137 Å². The molecule has 5 atom stereocenters. The minimum Gasteiger partial charge on any atom is -0.479 e. The lowest BCUT2D eigenvalue weighted by Crippen LogP contribution is -2.67. The molecule has 1 aliphatic rings. The number of hydrogen-bond acceptors (Lipinski definition) is 8. The summed E-state index contributed by atoms with van der Waals surface area (Å²) in [5, 5.41) is 12.1. The van der Waals surface area contributed by atoms with Gasteiger partial charge in [-0.25, -0.2) is 4.79 Å². The van der Waals surface area contributed by atoms with Crippen molar-refractivity contribution < 1.29 is 43.2 Å². The van der Waals surface area contributed by atoms with E-state index in [1.807, 2.05) is 6.07 Å². The average Bonchev–Trinajstić information content (AvgIpc) is 2.63. The van der Waals surface area contributed by atoms with Gasteiger partial charge in [-0.15, -0.1) is 0 Å². The van der Waals surface area contributed by atoms with E-state index >= 15 is 0 Å². The molecular weight excluding hydrogens is 386 g/mol. The van der Waals surface area contributed by atoms with Gasteiger partial charge >= 0.3 is 17.9 Å². The molecule has 1 fully saturated rings. The maximum atomic E-state index is 11.7. The highest BCUT2D eigenvalue weighted by Gasteiger charge is 2.53. The van der Waals surface area contributed by atoms with E-state index in [2.05, 4.69) is 5.32 Å². The highest BCUT2D eigenvalue weighted by molar-refractivity contribution is 5.76. The number of carboxylic acid groups (broad SMARTS) is 1. The Morgan fingerprint density at radius 1 is 1.00 bits per heavy atom. The highest BCUT2D eigenvalue weighted by Crippen LogP contribution is 2.28. The molecule has 29 heavy (non-hydrogen) atoms. The van der Waals surface area contributed by atoms with E-state index in [0.29, 0.717) is 0 Å². The van der Waals surface area contributed by atoms with E-state index in [1.54, 1.807) is 24.3 Å². The fourth-order valence-electron chi connectivity index (χ4n) is 2.97. The van der Waals surface area contributed by atoms with E-state index in [9.17, 15) is 24.3 Å². The number of ether oxygens (including phenoxy) is 4. The fraction of sp³-hybridized carbons (Fsp3) is 0.474. The van der Waals surface area contributed by atoms with Crippen molar-refractivity contribution in [2.75, 3.05) is 0 Å². The normalized spacial score (nSPS) is 26.2. The largest absolute Gasteiger partial charge is 0.479 e. The van der Waals surface area contributed by atoms with Crippen LogP contribution in [0.3, 0.4) is 0 Å². The number of carbonyl (C=O) groups excluding carboxylic acids is 3. The Morgan fingerprint density at radius 3 is 2.10 bits per heavy atom. The number of carbonyl (C=O) groups is 4. The van der Waals surface area contributed by atoms with Gasteiger partial charge in [0.25, 0.3) is 0 Å². The van der Waals surface area contributed by atoms with Crippen molar-refractivity contribution in [1.82, 2.24) is 5.32 Å². The van der Waals surface area contributed by atoms with Crippen LogP contribution in [0.4, 0.5) is 0 Å². The zero-order chi connectivity index (χ0) is 21.6. The molecule has 0 saturated carbocycles. The van der Waals surface area contributed by atoms with E-state index < -0.39 is 54.5 Å². The van der Waals surface area contributed by atoms with Crippen molar-refractivity contribution in [3.8, 4) is 0 Å². The van der Waals surface area contributed by atoms with Crippen LogP contribution < -0.4 is 5.32 Å². The lowest BCUT2D eigenvalue weighted by atomic mass is 9.95. The number of esters is 2. The molecule has 1 heterocycles. The van der Waals surface area contributed by atoms with Crippen LogP contribution >= 0.6 is 0 Å². The second kappa shape index (κ2) is 9.99. The third kappa shape index (κ3) is 6.26. The summed E-state index contributed by atoms with van der Waals surface area (Å²) in [4.78, 5) is 46.6. The standard InChI is InChI=1S/C19H23NO9/c1-10(21)20-14-15(27-11(2)22)16(28-12(3)23)17(18(24)25)29-19(14)26-9-13-7-5-4-6-8-13/h4-8,14-17,19H,9H2,1-3H3,(H,20,21)(H,24,25)/t14-,15+,16+,17-,19+/m1/s1. The van der Waals surface area contributed by atoms with Gasteiger partial charge < -0.3 is 29.4 Å². The predicted molar refractivity (Wildman–Crippen MR) is 96.2 cm³/mol. The number of carboxylic acids is 1. The lowest BCUT2D eigenvalue weighted by Gasteiger charge is -2.43. The SMILES string of the molecule is CC(=O)N[C@H]1[C@@H](OCc2ccccc2)O[C@@H](C(=O)O)[C@@H](OC(C)=O)[C@H]1OC(C)=O. The monoisotopic (exact) mass is 409 g/mol. The molecule has 10 nitrogen and oxygen atoms in total. The smallest absolute Gasteiger partial charge is 0.337 e. The molecule has 158 valence electrons. The van der Waals surface area contributed by atoms with Crippen LogP contribution in [0.25, 0.3) is 0 Å². The fourth-order valence-corrected chi connectivity index (χ4v) is 2.97. The number of benzene rings is 1. The molecule has 10 heteroatoms. The summed E-state index contributed by atoms with van der Waals surface area (Å²) in [6.45, 7) is 3.46. The van der Waals surface area contributed by atoms with Crippen molar-refractivity contribution in [3.63, 3.8) is 0 Å². The quantitative estimate of drug-likeness (QED) is 0.612. The van der Waals surface area contributed by atoms with Gasteiger partial charge in [0, 0.05) is 20.8 Å². The van der Waals surface area contributed by atoms with E-state index in [4.69, 9.17) is 18.9 Å². The third-order valence-electron chi connectivity index (χ3n) is 4.02. The third-order valence-corrected chi connectivity index (χ3v) is 4.02. The van der Waals surface area contributed by atoms with Gasteiger partial charge in [-0.2, -0.15) is 0 Å². The van der Waals surface area contributed by atoms with Crippen molar-refractivity contribution in [2.45, 2.75) is 58.0 Å². The summed E-state index contributed by atoms with van der Waals surface area (Å²) in [5.74, 6) is -3.50. The lowest BCUT2D eigenvalue weighted by molar-refractivity contribution is -0.273. The van der Waals surface area contributed by atoms with Crippen LogP contribution in [0, 0.1) is 0 Å². The summed E-state index contributed by atoms with van der Waals surface area (Å²) < 4.78 is 21.5. The molecule has 0 bridgehead atoms. The van der Waals surface area contributed by atoms with Gasteiger partial charge in [-0.1, -0.05) is 30.3 Å². The van der Waals surface area contributed by atoms with Gasteiger partial charge in [0.1, 0.15) is 6.04 Å². The number of hydrogen-bond donors (Lipinski definition) is 2.